The zero-order valence-electron chi connectivity index (χ0n) is 15.0. The highest BCUT2D eigenvalue weighted by Crippen LogP contribution is 2.20. The fourth-order valence-electron chi connectivity index (χ4n) is 2.08. The molecule has 0 saturated carbocycles. The molecule has 0 fully saturated rings. The second-order valence-corrected chi connectivity index (χ2v) is 6.55. The van der Waals surface area contributed by atoms with Gasteiger partial charge >= 0.3 is 6.09 Å². The topological polar surface area (TPSA) is 84.4 Å². The molecule has 0 unspecified atom stereocenters. The Morgan fingerprint density at radius 2 is 1.76 bits per heavy atom. The van der Waals surface area contributed by atoms with Crippen LogP contribution in [-0.2, 0) is 4.74 Å². The number of rotatable bonds is 3. The number of anilines is 2. The third-order valence-electron chi connectivity index (χ3n) is 3.23. The minimum atomic E-state index is -0.640. The zero-order valence-corrected chi connectivity index (χ0v) is 15.0. The van der Waals surface area contributed by atoms with Crippen molar-refractivity contribution >= 4 is 23.4 Å². The minimum absolute atomic E-state index is 0.144. The molecule has 0 aromatic carbocycles. The van der Waals surface area contributed by atoms with Gasteiger partial charge in [0.25, 0.3) is 5.91 Å². The largest absolute Gasteiger partial charge is 0.444 e. The Balaban J connectivity index is 2.29. The summed E-state index contributed by atoms with van der Waals surface area (Å²) >= 11 is 0. The molecule has 0 aliphatic heterocycles. The Morgan fingerprint density at radius 3 is 2.36 bits per heavy atom. The van der Waals surface area contributed by atoms with E-state index in [1.807, 2.05) is 0 Å². The van der Waals surface area contributed by atoms with Crippen LogP contribution in [0.2, 0.25) is 0 Å². The molecule has 7 heteroatoms. The number of nitrogens with one attached hydrogen (secondary N) is 1. The van der Waals surface area contributed by atoms with E-state index in [2.05, 4.69) is 15.3 Å². The van der Waals surface area contributed by atoms with Gasteiger partial charge in [0.1, 0.15) is 5.60 Å². The SMILES string of the molecule is Cc1ccc(NC(=O)OC(C)(C)C)c(C(=O)N(C)c2ccncc2)n1. The fourth-order valence-corrected chi connectivity index (χ4v) is 2.08. The summed E-state index contributed by atoms with van der Waals surface area (Å²) in [6.07, 6.45) is 2.56. The summed E-state index contributed by atoms with van der Waals surface area (Å²) in [7, 11) is 1.64. The molecule has 0 radical (unpaired) electrons. The van der Waals surface area contributed by atoms with Crippen molar-refractivity contribution in [3.63, 3.8) is 0 Å². The maximum absolute atomic E-state index is 12.8. The Morgan fingerprint density at radius 1 is 1.12 bits per heavy atom. The molecule has 0 atom stereocenters. The maximum atomic E-state index is 12.8. The first-order valence-corrected chi connectivity index (χ1v) is 7.83. The van der Waals surface area contributed by atoms with Gasteiger partial charge in [-0.05, 0) is 52.0 Å². The van der Waals surface area contributed by atoms with E-state index in [0.29, 0.717) is 17.1 Å². The van der Waals surface area contributed by atoms with Crippen molar-refractivity contribution < 1.29 is 14.3 Å². The van der Waals surface area contributed by atoms with Crippen molar-refractivity contribution in [2.24, 2.45) is 0 Å². The molecule has 0 aliphatic carbocycles. The van der Waals surface area contributed by atoms with Gasteiger partial charge in [-0.3, -0.25) is 15.1 Å². The summed E-state index contributed by atoms with van der Waals surface area (Å²) in [6, 6.07) is 6.79. The molecule has 2 aromatic heterocycles. The van der Waals surface area contributed by atoms with Crippen LogP contribution in [0.15, 0.2) is 36.7 Å². The highest BCUT2D eigenvalue weighted by Gasteiger charge is 2.22. The smallest absolute Gasteiger partial charge is 0.412 e. The van der Waals surface area contributed by atoms with Gasteiger partial charge < -0.3 is 9.64 Å². The predicted molar refractivity (Wildman–Crippen MR) is 95.8 cm³/mol. The quantitative estimate of drug-likeness (QED) is 0.924. The highest BCUT2D eigenvalue weighted by atomic mass is 16.6. The van der Waals surface area contributed by atoms with Crippen LogP contribution in [0.3, 0.4) is 0 Å². The van der Waals surface area contributed by atoms with E-state index in [9.17, 15) is 9.59 Å². The first-order valence-electron chi connectivity index (χ1n) is 7.83. The minimum Gasteiger partial charge on any atom is -0.444 e. The van der Waals surface area contributed by atoms with Crippen LogP contribution in [0.1, 0.15) is 37.0 Å². The molecule has 2 aromatic rings. The number of hydrogen-bond acceptors (Lipinski definition) is 5. The third kappa shape index (κ3) is 5.00. The average molecular weight is 342 g/mol. The molecule has 7 nitrogen and oxygen atoms in total. The van der Waals surface area contributed by atoms with E-state index in [1.54, 1.807) is 71.4 Å². The Labute approximate surface area is 147 Å². The van der Waals surface area contributed by atoms with Crippen LogP contribution in [0, 0.1) is 6.92 Å². The van der Waals surface area contributed by atoms with Crippen LogP contribution in [0.25, 0.3) is 0 Å². The summed E-state index contributed by atoms with van der Waals surface area (Å²) in [5, 5.41) is 2.60. The van der Waals surface area contributed by atoms with Crippen LogP contribution < -0.4 is 10.2 Å². The Hall–Kier alpha value is -2.96. The molecule has 2 heterocycles. The van der Waals surface area contributed by atoms with E-state index in [0.717, 1.165) is 0 Å². The molecule has 0 aliphatic rings. The van der Waals surface area contributed by atoms with Crippen LogP contribution >= 0.6 is 0 Å². The number of aryl methyl sites for hydroxylation is 1. The standard InChI is InChI=1S/C18H22N4O3/c1-12-6-7-14(21-17(24)25-18(2,3)4)15(20-12)16(23)22(5)13-8-10-19-11-9-13/h6-11H,1-5H3,(H,21,24). The number of ether oxygens (including phenoxy) is 1. The molecule has 1 N–H and O–H groups in total. The lowest BCUT2D eigenvalue weighted by Gasteiger charge is -2.21. The maximum Gasteiger partial charge on any atom is 0.412 e. The molecule has 2 rings (SSSR count). The van der Waals surface area contributed by atoms with Crippen LogP contribution in [0.4, 0.5) is 16.2 Å². The van der Waals surface area contributed by atoms with Crippen molar-refractivity contribution in [2.45, 2.75) is 33.3 Å². The first kappa shape index (κ1) is 18.4. The summed E-state index contributed by atoms with van der Waals surface area (Å²) in [5.74, 6) is -0.346. The van der Waals surface area contributed by atoms with E-state index >= 15 is 0 Å². The molecule has 2 amide bonds. The number of nitrogens with zero attached hydrogens (tertiary/aromatic N) is 3. The molecule has 132 valence electrons. The van der Waals surface area contributed by atoms with Crippen LogP contribution in [0.5, 0.6) is 0 Å². The van der Waals surface area contributed by atoms with Gasteiger partial charge in [0.05, 0.1) is 5.69 Å². The van der Waals surface area contributed by atoms with Gasteiger partial charge in [-0.15, -0.1) is 0 Å². The average Bonchev–Trinajstić information content (AvgIpc) is 2.54. The zero-order chi connectivity index (χ0) is 18.6. The number of carbonyl (C=O) groups excluding carboxylic acids is 2. The molecule has 0 bridgehead atoms. The number of carbonyl (C=O) groups is 2. The molecule has 25 heavy (non-hydrogen) atoms. The van der Waals surface area contributed by atoms with Crippen molar-refractivity contribution in [2.75, 3.05) is 17.3 Å². The van der Waals surface area contributed by atoms with E-state index in [1.165, 1.54) is 4.90 Å². The number of pyridine rings is 2. The lowest BCUT2D eigenvalue weighted by Crippen LogP contribution is -2.31. The molecular formula is C18H22N4O3. The fraction of sp³-hybridized carbons (Fsp3) is 0.333. The van der Waals surface area contributed by atoms with Gasteiger partial charge in [0.15, 0.2) is 5.69 Å². The van der Waals surface area contributed by atoms with E-state index in [4.69, 9.17) is 4.74 Å². The van der Waals surface area contributed by atoms with Crippen molar-refractivity contribution in [1.29, 1.82) is 0 Å². The second-order valence-electron chi connectivity index (χ2n) is 6.55. The summed E-state index contributed by atoms with van der Waals surface area (Å²) in [5.41, 5.74) is 1.14. The molecule has 0 saturated heterocycles. The van der Waals surface area contributed by atoms with Gasteiger partial charge in [-0.2, -0.15) is 0 Å². The van der Waals surface area contributed by atoms with Crippen molar-refractivity contribution in [1.82, 2.24) is 9.97 Å². The summed E-state index contributed by atoms with van der Waals surface area (Å²) in [4.78, 5) is 34.5. The molecule has 0 spiro atoms. The Bertz CT molecular complexity index is 770. The third-order valence-corrected chi connectivity index (χ3v) is 3.23. The van der Waals surface area contributed by atoms with Crippen molar-refractivity contribution in [3.05, 3.63) is 48.0 Å². The van der Waals surface area contributed by atoms with E-state index < -0.39 is 11.7 Å². The van der Waals surface area contributed by atoms with Gasteiger partial charge in [-0.25, -0.2) is 9.78 Å². The van der Waals surface area contributed by atoms with E-state index in [-0.39, 0.29) is 11.6 Å². The molecular weight excluding hydrogens is 320 g/mol. The predicted octanol–water partition coefficient (Wildman–Crippen LogP) is 3.41. The van der Waals surface area contributed by atoms with Crippen molar-refractivity contribution in [3.8, 4) is 0 Å². The normalized spacial score (nSPS) is 10.9. The lowest BCUT2D eigenvalue weighted by atomic mass is 10.2. The van der Waals surface area contributed by atoms with Gasteiger partial charge in [0, 0.05) is 30.8 Å². The van der Waals surface area contributed by atoms with Gasteiger partial charge in [0.2, 0.25) is 0 Å². The second kappa shape index (κ2) is 7.29. The first-order chi connectivity index (χ1) is 11.7. The van der Waals surface area contributed by atoms with Crippen LogP contribution in [-0.4, -0.2) is 34.6 Å². The van der Waals surface area contributed by atoms with Gasteiger partial charge in [-0.1, -0.05) is 0 Å². The number of hydrogen-bond donors (Lipinski definition) is 1. The lowest BCUT2D eigenvalue weighted by molar-refractivity contribution is 0.0636. The highest BCUT2D eigenvalue weighted by molar-refractivity contribution is 6.09. The summed E-state index contributed by atoms with van der Waals surface area (Å²) < 4.78 is 5.24. The Kier molecular flexibility index (Phi) is 5.36. The monoisotopic (exact) mass is 342 g/mol. The number of amides is 2. The number of aromatic nitrogens is 2. The summed E-state index contributed by atoms with van der Waals surface area (Å²) in [6.45, 7) is 7.08.